The molecule has 0 aliphatic heterocycles. The molecule has 188 valence electrons. The third-order valence-electron chi connectivity index (χ3n) is 3.70. The van der Waals surface area contributed by atoms with Gasteiger partial charge in [0.1, 0.15) is 16.8 Å². The summed E-state index contributed by atoms with van der Waals surface area (Å²) in [7, 11) is 0. The van der Waals surface area contributed by atoms with E-state index >= 15 is 0 Å². The second-order valence-electron chi connectivity index (χ2n) is 10.6. The van der Waals surface area contributed by atoms with Gasteiger partial charge in [-0.3, -0.25) is 10.1 Å². The first-order valence-corrected chi connectivity index (χ1v) is 10.7. The molecule has 0 fully saturated rings. The summed E-state index contributed by atoms with van der Waals surface area (Å²) in [6.45, 7) is 14.6. The van der Waals surface area contributed by atoms with E-state index in [2.05, 4.69) is 0 Å². The molecule has 0 saturated heterocycles. The average Bonchev–Trinajstić information content (AvgIpc) is 2.60. The molecule has 0 radical (unpaired) electrons. The van der Waals surface area contributed by atoms with Gasteiger partial charge in [-0.05, 0) is 85.6 Å². The van der Waals surface area contributed by atoms with E-state index < -0.39 is 39.9 Å². The molecule has 10 nitrogen and oxygen atoms in total. The Balaban J connectivity index is 3.43. The number of non-ortho nitro benzene ring substituents is 1. The summed E-state index contributed by atoms with van der Waals surface area (Å²) >= 11 is 0. The number of carbonyl (C=O) groups is 3. The van der Waals surface area contributed by atoms with Gasteiger partial charge in [0, 0.05) is 18.2 Å². The fraction of sp³-hybridized carbons (Fsp3) is 0.542. The van der Waals surface area contributed by atoms with Crippen LogP contribution in [0.2, 0.25) is 0 Å². The Labute approximate surface area is 200 Å². The van der Waals surface area contributed by atoms with Crippen LogP contribution in [0.25, 0.3) is 6.08 Å². The molecule has 10 heteroatoms. The van der Waals surface area contributed by atoms with E-state index in [0.29, 0.717) is 5.56 Å². The molecule has 0 aromatic heterocycles. The van der Waals surface area contributed by atoms with Crippen molar-refractivity contribution in [3.8, 4) is 0 Å². The number of ether oxygens (including phenoxy) is 3. The van der Waals surface area contributed by atoms with Crippen LogP contribution in [0, 0.1) is 10.1 Å². The molecule has 0 aliphatic rings. The van der Waals surface area contributed by atoms with Gasteiger partial charge in [-0.1, -0.05) is 0 Å². The maximum Gasteiger partial charge on any atom is 0.420 e. The zero-order valence-corrected chi connectivity index (χ0v) is 21.3. The monoisotopic (exact) mass is 478 g/mol. The van der Waals surface area contributed by atoms with E-state index in [9.17, 15) is 24.5 Å². The second kappa shape index (κ2) is 10.7. The summed E-state index contributed by atoms with van der Waals surface area (Å²) in [6.07, 6.45) is 0.613. The molecule has 1 aromatic carbocycles. The quantitative estimate of drug-likeness (QED) is 0.175. The summed E-state index contributed by atoms with van der Waals surface area (Å²) in [4.78, 5) is 49.2. The topological polar surface area (TPSA) is 125 Å². The lowest BCUT2D eigenvalue weighted by Crippen LogP contribution is -2.43. The molecular weight excluding hydrogens is 444 g/mol. The lowest BCUT2D eigenvalue weighted by atomic mass is 10.1. The zero-order chi connectivity index (χ0) is 26.5. The van der Waals surface area contributed by atoms with Gasteiger partial charge >= 0.3 is 18.2 Å². The maximum absolute atomic E-state index is 12.8. The molecule has 0 heterocycles. The third-order valence-corrected chi connectivity index (χ3v) is 3.70. The summed E-state index contributed by atoms with van der Waals surface area (Å²) in [6, 6.07) is 3.89. The Morgan fingerprint density at radius 1 is 0.882 bits per heavy atom. The lowest BCUT2D eigenvalue weighted by molar-refractivity contribution is -0.384. The molecule has 0 atom stereocenters. The van der Waals surface area contributed by atoms with Crippen LogP contribution in [0.4, 0.5) is 15.3 Å². The van der Waals surface area contributed by atoms with Crippen molar-refractivity contribution in [2.75, 3.05) is 0 Å². The Bertz CT molecular complexity index is 935. The first-order valence-electron chi connectivity index (χ1n) is 10.7. The lowest BCUT2D eigenvalue weighted by Gasteiger charge is -2.29. The van der Waals surface area contributed by atoms with Gasteiger partial charge < -0.3 is 14.2 Å². The highest BCUT2D eigenvalue weighted by Crippen LogP contribution is 2.24. The van der Waals surface area contributed by atoms with Crippen LogP contribution < -0.4 is 0 Å². The smallest absolute Gasteiger partial charge is 0.420 e. The summed E-state index contributed by atoms with van der Waals surface area (Å²) in [5.74, 6) is -0.618. The molecular formula is C24H34N2O8. The predicted octanol–water partition coefficient (Wildman–Crippen LogP) is 5.62. The number of rotatable bonds is 5. The minimum atomic E-state index is -0.977. The Kier molecular flexibility index (Phi) is 8.97. The van der Waals surface area contributed by atoms with Crippen molar-refractivity contribution in [3.63, 3.8) is 0 Å². The van der Waals surface area contributed by atoms with E-state index in [0.717, 1.165) is 4.90 Å². The number of nitrogens with zero attached hydrogens (tertiary/aromatic N) is 2. The first-order chi connectivity index (χ1) is 15.3. The Morgan fingerprint density at radius 3 is 1.76 bits per heavy atom. The van der Waals surface area contributed by atoms with Gasteiger partial charge in [0.25, 0.3) is 5.69 Å². The number of hydrogen-bond acceptors (Lipinski definition) is 8. The van der Waals surface area contributed by atoms with Crippen molar-refractivity contribution in [2.45, 2.75) is 85.7 Å². The van der Waals surface area contributed by atoms with E-state index in [1.165, 1.54) is 30.4 Å². The molecule has 1 rings (SSSR count). The van der Waals surface area contributed by atoms with Crippen LogP contribution >= 0.6 is 0 Å². The standard InChI is InChI=1S/C24H34N2O8/c1-22(2,3)32-19(27)13-11-16-10-12-18(26(30)31)14-17(16)15-25(20(28)33-23(4,5)6)21(29)34-24(7,8)9/h10-14H,15H2,1-9H3/b13-11+. The fourth-order valence-corrected chi connectivity index (χ4v) is 2.51. The minimum Gasteiger partial charge on any atom is -0.457 e. The molecule has 0 saturated carbocycles. The van der Waals surface area contributed by atoms with Crippen molar-refractivity contribution in [1.82, 2.24) is 4.90 Å². The highest BCUT2D eigenvalue weighted by Gasteiger charge is 2.32. The number of benzene rings is 1. The molecule has 2 amide bonds. The van der Waals surface area contributed by atoms with Gasteiger partial charge in [-0.25, -0.2) is 19.3 Å². The number of nitro benzene ring substituents is 1. The van der Waals surface area contributed by atoms with Crippen molar-refractivity contribution < 1.29 is 33.5 Å². The predicted molar refractivity (Wildman–Crippen MR) is 126 cm³/mol. The summed E-state index contributed by atoms with van der Waals surface area (Å²) < 4.78 is 15.9. The van der Waals surface area contributed by atoms with Crippen molar-refractivity contribution >= 4 is 29.9 Å². The number of carbonyl (C=O) groups excluding carboxylic acids is 3. The highest BCUT2D eigenvalue weighted by atomic mass is 16.6. The van der Waals surface area contributed by atoms with Gasteiger partial charge in [-0.2, -0.15) is 0 Å². The average molecular weight is 479 g/mol. The van der Waals surface area contributed by atoms with Crippen molar-refractivity contribution in [1.29, 1.82) is 0 Å². The van der Waals surface area contributed by atoms with Gasteiger partial charge in [-0.15, -0.1) is 0 Å². The minimum absolute atomic E-state index is 0.228. The SMILES string of the molecule is CC(C)(C)OC(=O)/C=C/c1ccc([N+](=O)[O-])cc1CN(C(=O)OC(C)(C)C)C(=O)OC(C)(C)C. The molecule has 0 unspecified atom stereocenters. The Morgan fingerprint density at radius 2 is 1.35 bits per heavy atom. The number of imide groups is 1. The molecule has 34 heavy (non-hydrogen) atoms. The van der Waals surface area contributed by atoms with Gasteiger partial charge in [0.05, 0.1) is 11.5 Å². The summed E-state index contributed by atoms with van der Waals surface area (Å²) in [5, 5.41) is 11.3. The molecule has 1 aromatic rings. The van der Waals surface area contributed by atoms with Crippen LogP contribution in [-0.4, -0.2) is 44.8 Å². The maximum atomic E-state index is 12.8. The van der Waals surface area contributed by atoms with Crippen LogP contribution in [0.1, 0.15) is 73.4 Å². The largest absolute Gasteiger partial charge is 0.457 e. The van der Waals surface area contributed by atoms with Crippen molar-refractivity contribution in [2.24, 2.45) is 0 Å². The number of nitro groups is 1. The van der Waals surface area contributed by atoms with E-state index in [4.69, 9.17) is 14.2 Å². The number of amides is 2. The van der Waals surface area contributed by atoms with E-state index in [1.54, 1.807) is 62.3 Å². The number of esters is 1. The molecule has 0 spiro atoms. The number of hydrogen-bond donors (Lipinski definition) is 0. The molecule has 0 aliphatic carbocycles. The van der Waals surface area contributed by atoms with Gasteiger partial charge in [0.2, 0.25) is 0 Å². The van der Waals surface area contributed by atoms with Crippen LogP contribution in [0.15, 0.2) is 24.3 Å². The van der Waals surface area contributed by atoms with E-state index in [-0.39, 0.29) is 17.8 Å². The zero-order valence-electron chi connectivity index (χ0n) is 21.3. The van der Waals surface area contributed by atoms with Crippen molar-refractivity contribution in [3.05, 3.63) is 45.5 Å². The van der Waals surface area contributed by atoms with Crippen LogP contribution in [-0.2, 0) is 25.5 Å². The third kappa shape index (κ3) is 10.5. The normalized spacial score (nSPS) is 12.3. The molecule has 0 N–H and O–H groups in total. The first kappa shape index (κ1) is 28.6. The summed E-state index contributed by atoms with van der Waals surface area (Å²) in [5.41, 5.74) is -2.17. The van der Waals surface area contributed by atoms with Gasteiger partial charge in [0.15, 0.2) is 0 Å². The second-order valence-corrected chi connectivity index (χ2v) is 10.6. The highest BCUT2D eigenvalue weighted by molar-refractivity contribution is 5.89. The Hall–Kier alpha value is -3.43. The van der Waals surface area contributed by atoms with Crippen LogP contribution in [0.3, 0.4) is 0 Å². The van der Waals surface area contributed by atoms with E-state index in [1.807, 2.05) is 0 Å². The van der Waals surface area contributed by atoms with Crippen LogP contribution in [0.5, 0.6) is 0 Å². The molecule has 0 bridgehead atoms. The fourth-order valence-electron chi connectivity index (χ4n) is 2.51.